The van der Waals surface area contributed by atoms with E-state index >= 15 is 0 Å². The molecule has 0 aliphatic carbocycles. The fraction of sp³-hybridized carbons (Fsp3) is 0.550. The summed E-state index contributed by atoms with van der Waals surface area (Å²) >= 11 is 0. The summed E-state index contributed by atoms with van der Waals surface area (Å²) in [5, 5.41) is 17.1. The molecule has 2 N–H and O–H groups in total. The summed E-state index contributed by atoms with van der Waals surface area (Å²) in [6.07, 6.45) is -0.467. The van der Waals surface area contributed by atoms with Crippen molar-refractivity contribution < 1.29 is 28.9 Å². The highest BCUT2D eigenvalue weighted by molar-refractivity contribution is 5.93. The number of amides is 1. The van der Waals surface area contributed by atoms with Gasteiger partial charge in [-0.05, 0) is 39.8 Å². The van der Waals surface area contributed by atoms with E-state index < -0.39 is 17.7 Å². The van der Waals surface area contributed by atoms with Crippen LogP contribution < -0.4 is 5.32 Å². The zero-order valence-corrected chi connectivity index (χ0v) is 17.4. The highest BCUT2D eigenvalue weighted by atomic mass is 16.6. The highest BCUT2D eigenvalue weighted by Gasteiger charge is 2.15. The van der Waals surface area contributed by atoms with Gasteiger partial charge in [0, 0.05) is 11.9 Å². The lowest BCUT2D eigenvalue weighted by atomic mass is 10.1. The van der Waals surface area contributed by atoms with Crippen molar-refractivity contribution in [1.29, 1.82) is 0 Å². The molecule has 0 fully saturated rings. The van der Waals surface area contributed by atoms with E-state index in [1.54, 1.807) is 43.7 Å². The van der Waals surface area contributed by atoms with Crippen LogP contribution in [0.1, 0.15) is 36.8 Å². The van der Waals surface area contributed by atoms with Gasteiger partial charge in [0.2, 0.25) is 0 Å². The molecule has 0 aliphatic rings. The molecule has 0 saturated heterocycles. The fourth-order valence-corrected chi connectivity index (χ4v) is 2.66. The van der Waals surface area contributed by atoms with Gasteiger partial charge in [-0.1, -0.05) is 6.07 Å². The van der Waals surface area contributed by atoms with Crippen LogP contribution >= 0.6 is 0 Å². The minimum atomic E-state index is -0.966. The second-order valence-electron chi connectivity index (χ2n) is 7.50. The van der Waals surface area contributed by atoms with Gasteiger partial charge < -0.3 is 24.6 Å². The normalized spacial score (nSPS) is 11.6. The van der Waals surface area contributed by atoms with Gasteiger partial charge in [0.25, 0.3) is 0 Å². The smallest absolute Gasteiger partial charge is 0.407 e. The van der Waals surface area contributed by atoms with Gasteiger partial charge in [-0.15, -0.1) is 0 Å². The van der Waals surface area contributed by atoms with E-state index in [1.165, 1.54) is 0 Å². The molecule has 0 aliphatic heterocycles. The van der Waals surface area contributed by atoms with Crippen LogP contribution in [0.25, 0.3) is 10.9 Å². The number of alkyl carbamates (subject to hydrolysis) is 1. The minimum Gasteiger partial charge on any atom is -0.478 e. The van der Waals surface area contributed by atoms with E-state index in [0.29, 0.717) is 39.5 Å². The van der Waals surface area contributed by atoms with E-state index in [4.69, 9.17) is 19.3 Å². The minimum absolute atomic E-state index is 0.230. The maximum Gasteiger partial charge on any atom is 0.407 e. The molecule has 1 aromatic carbocycles. The zero-order valence-electron chi connectivity index (χ0n) is 17.4. The number of aryl methyl sites for hydroxylation is 1. The molecule has 0 atom stereocenters. The van der Waals surface area contributed by atoms with E-state index in [9.17, 15) is 9.59 Å². The second kappa shape index (κ2) is 10.2. The van der Waals surface area contributed by atoms with Gasteiger partial charge in [-0.25, -0.2) is 9.59 Å². The maximum atomic E-state index is 11.5. The first-order chi connectivity index (χ1) is 13.7. The Hall–Kier alpha value is -2.65. The number of aromatic nitrogens is 2. The molecule has 0 radical (unpaired) electrons. The highest BCUT2D eigenvalue weighted by Crippen LogP contribution is 2.19. The number of carboxylic acids is 1. The molecular formula is C20H29N3O6. The lowest BCUT2D eigenvalue weighted by Crippen LogP contribution is -2.34. The molecule has 0 saturated carbocycles. The first-order valence-electron chi connectivity index (χ1n) is 9.50. The van der Waals surface area contributed by atoms with Crippen molar-refractivity contribution in [2.24, 2.45) is 0 Å². The zero-order chi connectivity index (χ0) is 21.4. The first-order valence-corrected chi connectivity index (χ1v) is 9.50. The monoisotopic (exact) mass is 407 g/mol. The number of fused-ring (bicyclic) bond motifs is 1. The molecule has 9 nitrogen and oxygen atoms in total. The number of hydrogen-bond donors (Lipinski definition) is 2. The summed E-state index contributed by atoms with van der Waals surface area (Å²) in [7, 11) is 0. The summed E-state index contributed by atoms with van der Waals surface area (Å²) < 4.78 is 17.8. The number of rotatable bonds is 10. The number of benzene rings is 1. The topological polar surface area (TPSA) is 112 Å². The molecular weight excluding hydrogens is 378 g/mol. The van der Waals surface area contributed by atoms with Crippen molar-refractivity contribution in [3.8, 4) is 0 Å². The third kappa shape index (κ3) is 7.35. The quantitative estimate of drug-likeness (QED) is 0.582. The van der Waals surface area contributed by atoms with Gasteiger partial charge in [0.1, 0.15) is 5.60 Å². The maximum absolute atomic E-state index is 11.5. The Bertz CT molecular complexity index is 841. The van der Waals surface area contributed by atoms with Crippen LogP contribution in [0.5, 0.6) is 0 Å². The molecule has 0 spiro atoms. The Morgan fingerprint density at radius 1 is 1.14 bits per heavy atom. The second-order valence-corrected chi connectivity index (χ2v) is 7.50. The van der Waals surface area contributed by atoms with Crippen LogP contribution in [-0.2, 0) is 20.8 Å². The molecule has 1 amide bonds. The van der Waals surface area contributed by atoms with Gasteiger partial charge in [-0.3, -0.25) is 4.68 Å². The Labute approximate surface area is 169 Å². The van der Waals surface area contributed by atoms with Crippen molar-refractivity contribution in [2.45, 2.75) is 39.8 Å². The van der Waals surface area contributed by atoms with Crippen molar-refractivity contribution in [3.63, 3.8) is 0 Å². The summed E-state index contributed by atoms with van der Waals surface area (Å²) in [4.78, 5) is 22.6. The van der Waals surface area contributed by atoms with Crippen molar-refractivity contribution >= 4 is 23.0 Å². The van der Waals surface area contributed by atoms with E-state index in [1.807, 2.05) is 6.92 Å². The molecule has 1 aromatic heterocycles. The van der Waals surface area contributed by atoms with Crippen molar-refractivity contribution in [2.75, 3.05) is 33.0 Å². The largest absolute Gasteiger partial charge is 0.478 e. The number of nitrogens with zero attached hydrogens (tertiary/aromatic N) is 2. The van der Waals surface area contributed by atoms with Crippen molar-refractivity contribution in [1.82, 2.24) is 15.1 Å². The molecule has 0 bridgehead atoms. The molecule has 9 heteroatoms. The Morgan fingerprint density at radius 3 is 2.48 bits per heavy atom. The number of hydrogen-bond acceptors (Lipinski definition) is 6. The van der Waals surface area contributed by atoms with Crippen LogP contribution in [0.2, 0.25) is 0 Å². The summed E-state index contributed by atoms with van der Waals surface area (Å²) in [6, 6.07) is 4.98. The van der Waals surface area contributed by atoms with Gasteiger partial charge >= 0.3 is 12.1 Å². The molecule has 160 valence electrons. The van der Waals surface area contributed by atoms with Crippen molar-refractivity contribution in [3.05, 3.63) is 29.5 Å². The van der Waals surface area contributed by atoms with E-state index in [-0.39, 0.29) is 5.56 Å². The Morgan fingerprint density at radius 2 is 1.83 bits per heavy atom. The predicted molar refractivity (Wildman–Crippen MR) is 107 cm³/mol. The third-order valence-corrected chi connectivity index (χ3v) is 3.92. The lowest BCUT2D eigenvalue weighted by Gasteiger charge is -2.19. The summed E-state index contributed by atoms with van der Waals surface area (Å²) in [5.41, 5.74) is 1.33. The average Bonchev–Trinajstić information content (AvgIpc) is 2.94. The third-order valence-electron chi connectivity index (χ3n) is 3.92. The number of carbonyl (C=O) groups is 2. The SMILES string of the molecule is Cc1nn(CCOCCOCCNC(=O)OC(C)(C)C)c2cc(C(=O)O)ccc12. The van der Waals surface area contributed by atoms with E-state index in [0.717, 1.165) is 16.6 Å². The van der Waals surface area contributed by atoms with Crippen LogP contribution in [-0.4, -0.2) is 65.5 Å². The first kappa shape index (κ1) is 22.6. The Kier molecular flexibility index (Phi) is 7.98. The number of nitrogens with one attached hydrogen (secondary N) is 1. The molecule has 0 unspecified atom stereocenters. The number of carboxylic acid groups (broad SMARTS) is 1. The van der Waals surface area contributed by atoms with Gasteiger partial charge in [0.05, 0.1) is 49.7 Å². The van der Waals surface area contributed by atoms with Crippen LogP contribution in [0.3, 0.4) is 0 Å². The molecule has 1 heterocycles. The van der Waals surface area contributed by atoms with Gasteiger partial charge in [-0.2, -0.15) is 5.10 Å². The summed E-state index contributed by atoms with van der Waals surface area (Å²) in [5.74, 6) is -0.966. The molecule has 2 rings (SSSR count). The average molecular weight is 407 g/mol. The standard InChI is InChI=1S/C20H29N3O6/c1-14-16-6-5-15(18(24)25)13-17(16)23(22-14)8-10-28-12-11-27-9-7-21-19(26)29-20(2,3)4/h5-6,13H,7-12H2,1-4H3,(H,21,26)(H,24,25). The van der Waals surface area contributed by atoms with Crippen LogP contribution in [0, 0.1) is 6.92 Å². The molecule has 2 aromatic rings. The summed E-state index contributed by atoms with van der Waals surface area (Å²) in [6.45, 7) is 9.77. The number of carbonyl (C=O) groups excluding carboxylic acids is 1. The van der Waals surface area contributed by atoms with Gasteiger partial charge in [0.15, 0.2) is 0 Å². The van der Waals surface area contributed by atoms with Crippen LogP contribution in [0.4, 0.5) is 4.79 Å². The molecule has 29 heavy (non-hydrogen) atoms. The lowest BCUT2D eigenvalue weighted by molar-refractivity contribution is 0.0379. The fourth-order valence-electron chi connectivity index (χ4n) is 2.66. The predicted octanol–water partition coefficient (Wildman–Crippen LogP) is 2.60. The Balaban J connectivity index is 1.64. The number of aromatic carboxylic acids is 1. The van der Waals surface area contributed by atoms with Crippen LogP contribution in [0.15, 0.2) is 18.2 Å². The van der Waals surface area contributed by atoms with E-state index in [2.05, 4.69) is 10.4 Å². The number of ether oxygens (including phenoxy) is 3.